The lowest BCUT2D eigenvalue weighted by atomic mass is 9.71. The molecule has 1 aromatic rings. The largest absolute Gasteiger partial charge is 0.303 e. The molecule has 1 heterocycles. The summed E-state index contributed by atoms with van der Waals surface area (Å²) in [6.07, 6.45) is 1.10. The number of rotatable bonds is 3. The van der Waals surface area contributed by atoms with Crippen LogP contribution in [-0.2, 0) is 5.54 Å². The van der Waals surface area contributed by atoms with Crippen molar-refractivity contribution in [1.29, 1.82) is 0 Å². The van der Waals surface area contributed by atoms with Crippen LogP contribution in [0.25, 0.3) is 0 Å². The van der Waals surface area contributed by atoms with Crippen molar-refractivity contribution in [2.75, 3.05) is 0 Å². The predicted molar refractivity (Wildman–Crippen MR) is 50.5 cm³/mol. The Kier molecular flexibility index (Phi) is 2.26. The van der Waals surface area contributed by atoms with Gasteiger partial charge >= 0.3 is 0 Å². The number of halogens is 2. The summed E-state index contributed by atoms with van der Waals surface area (Å²) in [6.45, 7) is 3.86. The van der Waals surface area contributed by atoms with Gasteiger partial charge in [-0.25, -0.2) is 8.78 Å². The minimum Gasteiger partial charge on any atom is -0.303 e. The fourth-order valence-corrected chi connectivity index (χ4v) is 2.17. The second kappa shape index (κ2) is 3.23. The smallest absolute Gasteiger partial charge is 0.252 e. The molecule has 6 heteroatoms. The quantitative estimate of drug-likeness (QED) is 0.803. The van der Waals surface area contributed by atoms with Crippen LogP contribution in [0.4, 0.5) is 8.78 Å². The lowest BCUT2D eigenvalue weighted by Gasteiger charge is -2.47. The summed E-state index contributed by atoms with van der Waals surface area (Å²) >= 11 is 0. The molecular formula is C9H14F2N4. The summed E-state index contributed by atoms with van der Waals surface area (Å²) in [4.78, 5) is 0. The van der Waals surface area contributed by atoms with E-state index in [1.54, 1.807) is 0 Å². The van der Waals surface area contributed by atoms with Crippen LogP contribution < -0.4 is 5.32 Å². The molecule has 0 radical (unpaired) electrons. The third-order valence-corrected chi connectivity index (χ3v) is 2.59. The highest BCUT2D eigenvalue weighted by Gasteiger charge is 2.58. The molecule has 0 unspecified atom stereocenters. The Balaban J connectivity index is 2.19. The molecule has 15 heavy (non-hydrogen) atoms. The first-order chi connectivity index (χ1) is 6.94. The molecule has 1 aliphatic rings. The van der Waals surface area contributed by atoms with Gasteiger partial charge in [0, 0.05) is 18.9 Å². The normalized spacial score (nSPS) is 22.7. The maximum atomic E-state index is 13.0. The van der Waals surface area contributed by atoms with Crippen molar-refractivity contribution < 1.29 is 8.78 Å². The maximum Gasteiger partial charge on any atom is 0.252 e. The van der Waals surface area contributed by atoms with Gasteiger partial charge in [0.05, 0.1) is 11.7 Å². The Morgan fingerprint density at radius 3 is 2.53 bits per heavy atom. The van der Waals surface area contributed by atoms with E-state index in [1.807, 2.05) is 13.8 Å². The molecule has 0 atom stereocenters. The number of nitrogens with one attached hydrogen (secondary N) is 2. The third-order valence-electron chi connectivity index (χ3n) is 2.59. The molecule has 0 spiro atoms. The minimum absolute atomic E-state index is 0.137. The number of hydrogen-bond donors (Lipinski definition) is 2. The zero-order valence-electron chi connectivity index (χ0n) is 8.72. The first kappa shape index (κ1) is 10.5. The molecule has 0 saturated heterocycles. The molecule has 0 bridgehead atoms. The maximum absolute atomic E-state index is 13.0. The summed E-state index contributed by atoms with van der Waals surface area (Å²) in [6, 6.07) is 0.137. The topological polar surface area (TPSA) is 53.6 Å². The van der Waals surface area contributed by atoms with Crippen molar-refractivity contribution in [1.82, 2.24) is 20.7 Å². The minimum atomic E-state index is -2.58. The van der Waals surface area contributed by atoms with Crippen molar-refractivity contribution in [2.24, 2.45) is 0 Å². The second-order valence-electron chi connectivity index (χ2n) is 4.45. The summed E-state index contributed by atoms with van der Waals surface area (Å²) in [5.41, 5.74) is -0.132. The van der Waals surface area contributed by atoms with E-state index in [9.17, 15) is 8.78 Å². The standard InChI is InChI=1S/C9H14F2N4/c1-6(2)13-8(4-9(10,11)5-8)7-3-12-15-14-7/h3,6,13H,4-5H2,1-2H3,(H,12,14,15). The number of alkyl halides is 2. The Hall–Kier alpha value is -1.04. The average molecular weight is 216 g/mol. The Labute approximate surface area is 86.4 Å². The molecule has 4 nitrogen and oxygen atoms in total. The molecule has 1 fully saturated rings. The van der Waals surface area contributed by atoms with E-state index in [1.165, 1.54) is 6.20 Å². The van der Waals surface area contributed by atoms with Gasteiger partial charge in [-0.1, -0.05) is 0 Å². The van der Waals surface area contributed by atoms with Crippen LogP contribution in [0.2, 0.25) is 0 Å². The van der Waals surface area contributed by atoms with Crippen LogP contribution in [0.3, 0.4) is 0 Å². The summed E-state index contributed by atoms with van der Waals surface area (Å²) in [7, 11) is 0. The summed E-state index contributed by atoms with van der Waals surface area (Å²) in [5.74, 6) is -2.58. The van der Waals surface area contributed by atoms with Crippen LogP contribution in [0.1, 0.15) is 32.4 Å². The lowest BCUT2D eigenvalue weighted by Crippen LogP contribution is -2.60. The Morgan fingerprint density at radius 2 is 2.13 bits per heavy atom. The van der Waals surface area contributed by atoms with Gasteiger partial charge in [0.2, 0.25) is 0 Å². The van der Waals surface area contributed by atoms with Gasteiger partial charge in [0.1, 0.15) is 5.69 Å². The van der Waals surface area contributed by atoms with E-state index >= 15 is 0 Å². The van der Waals surface area contributed by atoms with Crippen LogP contribution in [0, 0.1) is 0 Å². The van der Waals surface area contributed by atoms with Crippen molar-refractivity contribution in [3.05, 3.63) is 11.9 Å². The zero-order chi connectivity index (χ0) is 11.1. The summed E-state index contributed by atoms with van der Waals surface area (Å²) < 4.78 is 26.0. The molecule has 84 valence electrons. The van der Waals surface area contributed by atoms with Crippen LogP contribution in [0.5, 0.6) is 0 Å². The van der Waals surface area contributed by atoms with Crippen molar-refractivity contribution in [2.45, 2.75) is 44.2 Å². The van der Waals surface area contributed by atoms with Gasteiger partial charge in [0.25, 0.3) is 5.92 Å². The fourth-order valence-electron chi connectivity index (χ4n) is 2.17. The average Bonchev–Trinajstić information content (AvgIpc) is 2.49. The molecule has 2 rings (SSSR count). The Morgan fingerprint density at radius 1 is 1.47 bits per heavy atom. The molecule has 0 aromatic carbocycles. The third kappa shape index (κ3) is 1.86. The number of aromatic amines is 1. The van der Waals surface area contributed by atoms with Crippen molar-refractivity contribution in [3.63, 3.8) is 0 Å². The summed E-state index contributed by atoms with van der Waals surface area (Å²) in [5, 5.41) is 13.2. The van der Waals surface area contributed by atoms with Gasteiger partial charge in [-0.2, -0.15) is 15.4 Å². The lowest BCUT2D eigenvalue weighted by molar-refractivity contribution is -0.141. The first-order valence-corrected chi connectivity index (χ1v) is 4.95. The molecular weight excluding hydrogens is 202 g/mol. The van der Waals surface area contributed by atoms with Crippen molar-refractivity contribution in [3.8, 4) is 0 Å². The van der Waals surface area contributed by atoms with Crippen molar-refractivity contribution >= 4 is 0 Å². The zero-order valence-corrected chi connectivity index (χ0v) is 8.72. The second-order valence-corrected chi connectivity index (χ2v) is 4.45. The molecule has 0 aliphatic heterocycles. The number of H-pyrrole nitrogens is 1. The molecule has 0 amide bonds. The monoisotopic (exact) mass is 216 g/mol. The van der Waals surface area contributed by atoms with E-state index < -0.39 is 11.5 Å². The van der Waals surface area contributed by atoms with Gasteiger partial charge in [0.15, 0.2) is 0 Å². The highest BCUT2D eigenvalue weighted by Crippen LogP contribution is 2.51. The van der Waals surface area contributed by atoms with E-state index in [0.717, 1.165) is 0 Å². The number of nitrogens with zero attached hydrogens (tertiary/aromatic N) is 2. The van der Waals surface area contributed by atoms with Crippen LogP contribution >= 0.6 is 0 Å². The van der Waals surface area contributed by atoms with E-state index in [0.29, 0.717) is 5.69 Å². The number of aromatic nitrogens is 3. The van der Waals surface area contributed by atoms with Gasteiger partial charge in [-0.15, -0.1) is 0 Å². The number of hydrogen-bond acceptors (Lipinski definition) is 3. The van der Waals surface area contributed by atoms with Gasteiger partial charge < -0.3 is 5.32 Å². The van der Waals surface area contributed by atoms with Crippen LogP contribution in [-0.4, -0.2) is 27.4 Å². The van der Waals surface area contributed by atoms with E-state index in [2.05, 4.69) is 20.7 Å². The SMILES string of the molecule is CC(C)NC1(c2cn[nH]n2)CC(F)(F)C1. The Bertz CT molecular complexity index is 320. The molecule has 2 N–H and O–H groups in total. The van der Waals surface area contributed by atoms with E-state index in [4.69, 9.17) is 0 Å². The predicted octanol–water partition coefficient (Wildman–Crippen LogP) is 1.43. The molecule has 1 aromatic heterocycles. The molecule has 1 aliphatic carbocycles. The first-order valence-electron chi connectivity index (χ1n) is 4.95. The highest BCUT2D eigenvalue weighted by atomic mass is 19.3. The van der Waals surface area contributed by atoms with Crippen LogP contribution in [0.15, 0.2) is 6.20 Å². The van der Waals surface area contributed by atoms with Gasteiger partial charge in [-0.3, -0.25) is 0 Å². The highest BCUT2D eigenvalue weighted by molar-refractivity contribution is 5.19. The van der Waals surface area contributed by atoms with E-state index in [-0.39, 0.29) is 18.9 Å². The molecule has 1 saturated carbocycles. The fraction of sp³-hybridized carbons (Fsp3) is 0.778. The van der Waals surface area contributed by atoms with Gasteiger partial charge in [-0.05, 0) is 13.8 Å².